The van der Waals surface area contributed by atoms with E-state index in [-0.39, 0.29) is 0 Å². The minimum absolute atomic E-state index is 0.481. The van der Waals surface area contributed by atoms with Gasteiger partial charge < -0.3 is 10.1 Å². The summed E-state index contributed by atoms with van der Waals surface area (Å²) >= 11 is 0. The summed E-state index contributed by atoms with van der Waals surface area (Å²) < 4.78 is 7.21. The van der Waals surface area contributed by atoms with E-state index in [0.717, 1.165) is 25.9 Å². The Morgan fingerprint density at radius 1 is 1.60 bits per heavy atom. The number of methoxy groups -OCH3 is 1. The third-order valence-corrected chi connectivity index (χ3v) is 2.96. The maximum absolute atomic E-state index is 5.23. The van der Waals surface area contributed by atoms with Crippen molar-refractivity contribution in [2.45, 2.75) is 38.5 Å². The summed E-state index contributed by atoms with van der Waals surface area (Å²) in [6.45, 7) is 4.00. The SMILES string of the molecule is COC1CC(NCCn2cc(C)cn2)C1. The lowest BCUT2D eigenvalue weighted by Gasteiger charge is -2.34. The Kier molecular flexibility index (Phi) is 3.38. The van der Waals surface area contributed by atoms with Gasteiger partial charge in [0.25, 0.3) is 0 Å². The zero-order chi connectivity index (χ0) is 10.7. The highest BCUT2D eigenvalue weighted by atomic mass is 16.5. The second-order valence-electron chi connectivity index (χ2n) is 4.26. The van der Waals surface area contributed by atoms with E-state index in [4.69, 9.17) is 4.74 Å². The minimum Gasteiger partial charge on any atom is -0.381 e. The van der Waals surface area contributed by atoms with E-state index in [1.807, 2.05) is 10.9 Å². The molecular weight excluding hydrogens is 190 g/mol. The number of rotatable bonds is 5. The average Bonchev–Trinajstić information content (AvgIpc) is 2.55. The summed E-state index contributed by atoms with van der Waals surface area (Å²) in [5.74, 6) is 0. The van der Waals surface area contributed by atoms with Crippen LogP contribution in [0.25, 0.3) is 0 Å². The molecule has 1 aromatic heterocycles. The predicted octanol–water partition coefficient (Wildman–Crippen LogP) is 0.959. The van der Waals surface area contributed by atoms with Crippen LogP contribution in [0.15, 0.2) is 12.4 Å². The molecule has 0 aromatic carbocycles. The van der Waals surface area contributed by atoms with Gasteiger partial charge in [0, 0.05) is 25.9 Å². The van der Waals surface area contributed by atoms with Gasteiger partial charge in [0.1, 0.15) is 0 Å². The van der Waals surface area contributed by atoms with E-state index in [2.05, 4.69) is 23.5 Å². The third-order valence-electron chi connectivity index (χ3n) is 2.96. The van der Waals surface area contributed by atoms with Gasteiger partial charge >= 0.3 is 0 Å². The van der Waals surface area contributed by atoms with E-state index >= 15 is 0 Å². The predicted molar refractivity (Wildman–Crippen MR) is 58.8 cm³/mol. The molecule has 2 rings (SSSR count). The highest BCUT2D eigenvalue weighted by Gasteiger charge is 2.27. The van der Waals surface area contributed by atoms with Gasteiger partial charge in [-0.2, -0.15) is 5.10 Å². The molecule has 0 amide bonds. The van der Waals surface area contributed by atoms with Gasteiger partial charge in [-0.15, -0.1) is 0 Å². The summed E-state index contributed by atoms with van der Waals surface area (Å²) in [7, 11) is 1.79. The molecule has 1 aromatic rings. The van der Waals surface area contributed by atoms with Crippen molar-refractivity contribution < 1.29 is 4.74 Å². The van der Waals surface area contributed by atoms with Crippen molar-refractivity contribution in [1.29, 1.82) is 0 Å². The van der Waals surface area contributed by atoms with Crippen molar-refractivity contribution in [3.05, 3.63) is 18.0 Å². The Morgan fingerprint density at radius 2 is 2.40 bits per heavy atom. The number of aromatic nitrogens is 2. The molecule has 15 heavy (non-hydrogen) atoms. The molecule has 1 N–H and O–H groups in total. The second kappa shape index (κ2) is 4.77. The summed E-state index contributed by atoms with van der Waals surface area (Å²) in [5, 5.41) is 7.74. The zero-order valence-electron chi connectivity index (χ0n) is 9.44. The lowest BCUT2D eigenvalue weighted by atomic mass is 9.89. The number of hydrogen-bond donors (Lipinski definition) is 1. The molecule has 84 valence electrons. The van der Waals surface area contributed by atoms with E-state index in [1.165, 1.54) is 5.56 Å². The largest absolute Gasteiger partial charge is 0.381 e. The summed E-state index contributed by atoms with van der Waals surface area (Å²) in [6, 6.07) is 0.645. The summed E-state index contributed by atoms with van der Waals surface area (Å²) in [6.07, 6.45) is 6.74. The Balaban J connectivity index is 1.60. The number of hydrogen-bond acceptors (Lipinski definition) is 3. The molecule has 0 aliphatic heterocycles. The van der Waals surface area contributed by atoms with Crippen LogP contribution < -0.4 is 5.32 Å². The monoisotopic (exact) mass is 209 g/mol. The molecule has 1 saturated carbocycles. The van der Waals surface area contributed by atoms with Crippen LogP contribution >= 0.6 is 0 Å². The molecule has 0 spiro atoms. The summed E-state index contributed by atoms with van der Waals surface area (Å²) in [5.41, 5.74) is 1.22. The Morgan fingerprint density at radius 3 is 3.00 bits per heavy atom. The number of ether oxygens (including phenoxy) is 1. The van der Waals surface area contributed by atoms with Crippen molar-refractivity contribution in [3.8, 4) is 0 Å². The molecule has 4 nitrogen and oxygen atoms in total. The van der Waals surface area contributed by atoms with Crippen LogP contribution in [-0.2, 0) is 11.3 Å². The van der Waals surface area contributed by atoms with Crippen molar-refractivity contribution in [3.63, 3.8) is 0 Å². The molecule has 0 bridgehead atoms. The summed E-state index contributed by atoms with van der Waals surface area (Å²) in [4.78, 5) is 0. The van der Waals surface area contributed by atoms with Gasteiger partial charge in [-0.25, -0.2) is 0 Å². The highest BCUT2D eigenvalue weighted by Crippen LogP contribution is 2.22. The molecule has 1 fully saturated rings. The first-order valence-corrected chi connectivity index (χ1v) is 5.53. The average molecular weight is 209 g/mol. The standard InChI is InChI=1S/C11H19N3O/c1-9-7-13-14(8-9)4-3-12-10-5-11(6-10)15-2/h7-8,10-12H,3-6H2,1-2H3. The smallest absolute Gasteiger partial charge is 0.0601 e. The molecule has 1 heterocycles. The number of aryl methyl sites for hydroxylation is 1. The van der Waals surface area contributed by atoms with Crippen LogP contribution in [0.5, 0.6) is 0 Å². The van der Waals surface area contributed by atoms with Gasteiger partial charge in [0.2, 0.25) is 0 Å². The van der Waals surface area contributed by atoms with Gasteiger partial charge in [-0.3, -0.25) is 4.68 Å². The van der Waals surface area contributed by atoms with Crippen molar-refractivity contribution >= 4 is 0 Å². The number of nitrogens with one attached hydrogen (secondary N) is 1. The zero-order valence-corrected chi connectivity index (χ0v) is 9.44. The topological polar surface area (TPSA) is 39.1 Å². The fraction of sp³-hybridized carbons (Fsp3) is 0.727. The molecule has 1 aliphatic rings. The molecule has 0 atom stereocenters. The Bertz CT molecular complexity index is 305. The lowest BCUT2D eigenvalue weighted by molar-refractivity contribution is 0.0173. The highest BCUT2D eigenvalue weighted by molar-refractivity contribution is 4.99. The van der Waals surface area contributed by atoms with Crippen LogP contribution in [0.4, 0.5) is 0 Å². The number of nitrogens with zero attached hydrogens (tertiary/aromatic N) is 2. The maximum atomic E-state index is 5.23. The first-order chi connectivity index (χ1) is 7.28. The van der Waals surface area contributed by atoms with Crippen molar-refractivity contribution in [1.82, 2.24) is 15.1 Å². The van der Waals surface area contributed by atoms with Crippen molar-refractivity contribution in [2.75, 3.05) is 13.7 Å². The maximum Gasteiger partial charge on any atom is 0.0601 e. The van der Waals surface area contributed by atoms with Crippen LogP contribution in [0, 0.1) is 6.92 Å². The molecule has 0 radical (unpaired) electrons. The fourth-order valence-corrected chi connectivity index (χ4v) is 1.90. The fourth-order valence-electron chi connectivity index (χ4n) is 1.90. The molecule has 4 heteroatoms. The third kappa shape index (κ3) is 2.79. The first kappa shape index (κ1) is 10.6. The minimum atomic E-state index is 0.481. The van der Waals surface area contributed by atoms with E-state index < -0.39 is 0 Å². The van der Waals surface area contributed by atoms with Gasteiger partial charge in [0.05, 0.1) is 18.8 Å². The Hall–Kier alpha value is -0.870. The first-order valence-electron chi connectivity index (χ1n) is 5.53. The molecule has 0 saturated heterocycles. The van der Waals surface area contributed by atoms with Gasteiger partial charge in [-0.05, 0) is 25.3 Å². The van der Waals surface area contributed by atoms with Crippen LogP contribution in [0.3, 0.4) is 0 Å². The molecule has 1 aliphatic carbocycles. The quantitative estimate of drug-likeness (QED) is 0.785. The van der Waals surface area contributed by atoms with Crippen molar-refractivity contribution in [2.24, 2.45) is 0 Å². The second-order valence-corrected chi connectivity index (χ2v) is 4.26. The van der Waals surface area contributed by atoms with Crippen LogP contribution in [0.1, 0.15) is 18.4 Å². The normalized spacial score (nSPS) is 25.2. The van der Waals surface area contributed by atoms with E-state index in [1.54, 1.807) is 7.11 Å². The molecular formula is C11H19N3O. The van der Waals surface area contributed by atoms with Crippen LogP contribution in [0.2, 0.25) is 0 Å². The molecule has 0 unspecified atom stereocenters. The Labute approximate surface area is 90.6 Å². The van der Waals surface area contributed by atoms with Gasteiger partial charge in [0.15, 0.2) is 0 Å². The van der Waals surface area contributed by atoms with Crippen LogP contribution in [-0.4, -0.2) is 35.6 Å². The van der Waals surface area contributed by atoms with E-state index in [0.29, 0.717) is 12.1 Å². The van der Waals surface area contributed by atoms with Gasteiger partial charge in [-0.1, -0.05) is 0 Å². The van der Waals surface area contributed by atoms with E-state index in [9.17, 15) is 0 Å². The lowest BCUT2D eigenvalue weighted by Crippen LogP contribution is -2.45.